The fourth-order valence-electron chi connectivity index (χ4n) is 5.22. The minimum Gasteiger partial charge on any atom is -0.379 e. The molecule has 0 aliphatic rings. The van der Waals surface area contributed by atoms with Crippen molar-refractivity contribution in [1.82, 2.24) is 10.6 Å². The molecule has 37 heavy (non-hydrogen) atoms. The van der Waals surface area contributed by atoms with Crippen LogP contribution in [-0.2, 0) is 23.8 Å². The first-order chi connectivity index (χ1) is 16.7. The maximum atomic E-state index is 12.2. The van der Waals surface area contributed by atoms with Crippen LogP contribution in [0.3, 0.4) is 0 Å². The second kappa shape index (κ2) is 16.0. The molecule has 220 valence electrons. The first kappa shape index (κ1) is 35.8. The van der Waals surface area contributed by atoms with Gasteiger partial charge in [0.2, 0.25) is 11.8 Å². The highest BCUT2D eigenvalue weighted by Crippen LogP contribution is 2.29. The minimum atomic E-state index is -0.282. The van der Waals surface area contributed by atoms with E-state index in [4.69, 9.17) is 14.2 Å². The Labute approximate surface area is 228 Å². The van der Waals surface area contributed by atoms with Crippen LogP contribution in [-0.4, -0.2) is 62.5 Å². The summed E-state index contributed by atoms with van der Waals surface area (Å²) in [6.07, 6.45) is 2.75. The summed E-state index contributed by atoms with van der Waals surface area (Å²) < 4.78 is 17.4. The Balaban J connectivity index is 4.10. The second-order valence-corrected chi connectivity index (χ2v) is 14.5. The first-order valence-electron chi connectivity index (χ1n) is 14.1. The molecule has 2 N–H and O–H groups in total. The van der Waals surface area contributed by atoms with Crippen molar-refractivity contribution in [2.75, 3.05) is 39.6 Å². The zero-order valence-corrected chi connectivity index (χ0v) is 26.3. The van der Waals surface area contributed by atoms with Crippen molar-refractivity contribution >= 4 is 11.8 Å². The highest BCUT2D eigenvalue weighted by atomic mass is 16.5. The van der Waals surface area contributed by atoms with Gasteiger partial charge in [-0.15, -0.1) is 0 Å². The largest absolute Gasteiger partial charge is 0.379 e. The van der Waals surface area contributed by atoms with Gasteiger partial charge in [-0.1, -0.05) is 55.4 Å². The number of hydrogen-bond acceptors (Lipinski definition) is 5. The molecular formula is C30H60N2O5. The molecule has 0 fully saturated rings. The molecule has 2 amide bonds. The van der Waals surface area contributed by atoms with Crippen LogP contribution >= 0.6 is 0 Å². The van der Waals surface area contributed by atoms with E-state index in [0.717, 1.165) is 12.8 Å². The number of carbonyl (C=O) groups is 2. The lowest BCUT2D eigenvalue weighted by molar-refractivity contribution is -0.124. The third kappa shape index (κ3) is 20.5. The van der Waals surface area contributed by atoms with Crippen molar-refractivity contribution in [3.05, 3.63) is 0 Å². The van der Waals surface area contributed by atoms with Crippen molar-refractivity contribution in [2.45, 2.75) is 120 Å². The average Bonchev–Trinajstić information content (AvgIpc) is 2.61. The SMILES string of the molecule is CC(C)CC(=O)NC(C)(C)CC(C)(C)COCCOCCOCC(C)(C)CC(C)(C)NC(=O)CC(C)C. The Morgan fingerprint density at radius 2 is 0.865 bits per heavy atom. The summed E-state index contributed by atoms with van der Waals surface area (Å²) in [5.41, 5.74) is -0.693. The molecule has 0 saturated heterocycles. The van der Waals surface area contributed by atoms with Gasteiger partial charge in [-0.2, -0.15) is 0 Å². The molecule has 7 nitrogen and oxygen atoms in total. The summed E-state index contributed by atoms with van der Waals surface area (Å²) in [7, 11) is 0. The molecule has 7 heteroatoms. The van der Waals surface area contributed by atoms with Gasteiger partial charge >= 0.3 is 0 Å². The maximum Gasteiger partial charge on any atom is 0.220 e. The predicted octanol–water partition coefficient (Wildman–Crippen LogP) is 5.75. The Bertz CT molecular complexity index is 613. The summed E-state index contributed by atoms with van der Waals surface area (Å²) in [6, 6.07) is 0. The van der Waals surface area contributed by atoms with E-state index in [-0.39, 0.29) is 33.7 Å². The van der Waals surface area contributed by atoms with Crippen LogP contribution < -0.4 is 10.6 Å². The van der Waals surface area contributed by atoms with Crippen LogP contribution in [0, 0.1) is 22.7 Å². The molecular weight excluding hydrogens is 468 g/mol. The molecule has 0 atom stereocenters. The molecule has 0 saturated carbocycles. The molecule has 0 aliphatic heterocycles. The number of nitrogens with one attached hydrogen (secondary N) is 2. The van der Waals surface area contributed by atoms with Gasteiger partial charge < -0.3 is 24.8 Å². The molecule has 0 radical (unpaired) electrons. The number of carbonyl (C=O) groups excluding carboxylic acids is 2. The van der Waals surface area contributed by atoms with Gasteiger partial charge in [-0.25, -0.2) is 0 Å². The van der Waals surface area contributed by atoms with Gasteiger partial charge in [0.05, 0.1) is 39.6 Å². The van der Waals surface area contributed by atoms with Crippen LogP contribution in [0.4, 0.5) is 0 Å². The van der Waals surface area contributed by atoms with Crippen molar-refractivity contribution in [2.24, 2.45) is 22.7 Å². The summed E-state index contributed by atoms with van der Waals surface area (Å²) in [5.74, 6) is 0.912. The molecule has 0 aromatic rings. The third-order valence-electron chi connectivity index (χ3n) is 5.71. The molecule has 0 rings (SSSR count). The molecule has 0 aliphatic carbocycles. The fraction of sp³-hybridized carbons (Fsp3) is 0.933. The Kier molecular flexibility index (Phi) is 15.5. The van der Waals surface area contributed by atoms with E-state index in [1.165, 1.54) is 0 Å². The fourth-order valence-corrected chi connectivity index (χ4v) is 5.22. The zero-order chi connectivity index (χ0) is 28.9. The number of hydrogen-bond donors (Lipinski definition) is 2. The monoisotopic (exact) mass is 528 g/mol. The van der Waals surface area contributed by atoms with E-state index >= 15 is 0 Å². The topological polar surface area (TPSA) is 85.9 Å². The molecule has 0 spiro atoms. The lowest BCUT2D eigenvalue weighted by Crippen LogP contribution is -2.47. The van der Waals surface area contributed by atoms with E-state index in [9.17, 15) is 9.59 Å². The van der Waals surface area contributed by atoms with Crippen LogP contribution in [0.5, 0.6) is 0 Å². The van der Waals surface area contributed by atoms with Crippen LogP contribution in [0.25, 0.3) is 0 Å². The Morgan fingerprint density at radius 3 is 1.16 bits per heavy atom. The van der Waals surface area contributed by atoms with Gasteiger partial charge in [0, 0.05) is 23.9 Å². The quantitative estimate of drug-likeness (QED) is 0.197. The van der Waals surface area contributed by atoms with Gasteiger partial charge in [-0.3, -0.25) is 9.59 Å². The Hall–Kier alpha value is -1.18. The molecule has 0 aromatic heterocycles. The minimum absolute atomic E-state index is 0.0641. The number of amides is 2. The average molecular weight is 529 g/mol. The second-order valence-electron chi connectivity index (χ2n) is 14.5. The lowest BCUT2D eigenvalue weighted by atomic mass is 9.80. The summed E-state index contributed by atoms with van der Waals surface area (Å²) in [4.78, 5) is 24.3. The van der Waals surface area contributed by atoms with Crippen molar-refractivity contribution in [3.63, 3.8) is 0 Å². The summed E-state index contributed by atoms with van der Waals surface area (Å²) in [6.45, 7) is 28.5. The number of ether oxygens (including phenoxy) is 3. The lowest BCUT2D eigenvalue weighted by Gasteiger charge is -2.35. The van der Waals surface area contributed by atoms with Crippen LogP contribution in [0.1, 0.15) is 109 Å². The van der Waals surface area contributed by atoms with Crippen LogP contribution in [0.15, 0.2) is 0 Å². The van der Waals surface area contributed by atoms with Gasteiger partial charge in [0.1, 0.15) is 0 Å². The highest BCUT2D eigenvalue weighted by Gasteiger charge is 2.31. The standard InChI is InChI=1S/C30H60N2O5/c1-23(2)17-25(33)31-29(9,10)19-27(5,6)21-36-15-13-35-14-16-37-22-28(7,8)20-30(11,12)32-26(34)18-24(3)4/h23-24H,13-22H2,1-12H3,(H,31,33)(H,32,34). The van der Waals surface area contributed by atoms with Crippen LogP contribution in [0.2, 0.25) is 0 Å². The summed E-state index contributed by atoms with van der Waals surface area (Å²) >= 11 is 0. The van der Waals surface area contributed by atoms with Gasteiger partial charge in [0.15, 0.2) is 0 Å². The molecule has 0 aromatic carbocycles. The van der Waals surface area contributed by atoms with E-state index < -0.39 is 0 Å². The zero-order valence-electron chi connectivity index (χ0n) is 26.3. The smallest absolute Gasteiger partial charge is 0.220 e. The van der Waals surface area contributed by atoms with E-state index in [1.807, 2.05) is 0 Å². The number of rotatable bonds is 20. The van der Waals surface area contributed by atoms with Gasteiger partial charge in [0.25, 0.3) is 0 Å². The van der Waals surface area contributed by atoms with Crippen molar-refractivity contribution < 1.29 is 23.8 Å². The molecule has 0 heterocycles. The van der Waals surface area contributed by atoms with E-state index in [2.05, 4.69) is 93.7 Å². The summed E-state index contributed by atoms with van der Waals surface area (Å²) in [5, 5.41) is 6.32. The van der Waals surface area contributed by atoms with E-state index in [0.29, 0.717) is 64.3 Å². The molecule has 0 unspecified atom stereocenters. The predicted molar refractivity (Wildman–Crippen MR) is 153 cm³/mol. The maximum absolute atomic E-state index is 12.2. The highest BCUT2D eigenvalue weighted by molar-refractivity contribution is 5.77. The first-order valence-corrected chi connectivity index (χ1v) is 14.1. The van der Waals surface area contributed by atoms with E-state index in [1.54, 1.807) is 0 Å². The normalized spacial score (nSPS) is 13.4. The Morgan fingerprint density at radius 1 is 0.568 bits per heavy atom. The van der Waals surface area contributed by atoms with Crippen molar-refractivity contribution in [3.8, 4) is 0 Å². The van der Waals surface area contributed by atoms with Gasteiger partial charge in [-0.05, 0) is 63.2 Å². The van der Waals surface area contributed by atoms with Crippen molar-refractivity contribution in [1.29, 1.82) is 0 Å². The third-order valence-corrected chi connectivity index (χ3v) is 5.71. The molecule has 0 bridgehead atoms.